The molecule has 0 saturated carbocycles. The molecule has 0 radical (unpaired) electrons. The van der Waals surface area contributed by atoms with Crippen LogP contribution < -0.4 is 24.0 Å². The highest BCUT2D eigenvalue weighted by Gasteiger charge is 2.16. The monoisotopic (exact) mass is 286 g/mol. The predicted molar refractivity (Wildman–Crippen MR) is 47.4 cm³/mol. The summed E-state index contributed by atoms with van der Waals surface area (Å²) in [5.41, 5.74) is 0. The van der Waals surface area contributed by atoms with E-state index >= 15 is 0 Å². The Hall–Kier alpha value is 0.360. The van der Waals surface area contributed by atoms with Gasteiger partial charge in [-0.25, -0.2) is 0 Å². The molecule has 0 heterocycles. The van der Waals surface area contributed by atoms with Gasteiger partial charge in [0.2, 0.25) is 0 Å². The second kappa shape index (κ2) is 6.83. The molecular weight excluding hydrogens is 266 g/mol. The Morgan fingerprint density at radius 1 is 1.25 bits per heavy atom. The van der Waals surface area contributed by atoms with Crippen LogP contribution in [0.1, 0.15) is 27.2 Å². The van der Waals surface area contributed by atoms with E-state index in [-0.39, 0.29) is 24.0 Å². The third kappa shape index (κ3) is 5.94. The van der Waals surface area contributed by atoms with Crippen molar-refractivity contribution >= 4 is 5.78 Å². The molecule has 0 saturated heterocycles. The van der Waals surface area contributed by atoms with Crippen LogP contribution in [0, 0.1) is 0 Å². The zero-order valence-corrected chi connectivity index (χ0v) is 10.7. The maximum atomic E-state index is 10.7. The van der Waals surface area contributed by atoms with Crippen LogP contribution in [0.2, 0.25) is 0 Å². The van der Waals surface area contributed by atoms with Crippen molar-refractivity contribution in [2.45, 2.75) is 27.2 Å². The van der Waals surface area contributed by atoms with Crippen LogP contribution in [0.5, 0.6) is 0 Å². The zero-order valence-electron chi connectivity index (χ0n) is 8.56. The topological polar surface area (TPSA) is 17.1 Å². The normalized spacial score (nSPS) is 10.7. The molecule has 0 aliphatic heterocycles. The average molecular weight is 286 g/mol. The van der Waals surface area contributed by atoms with Gasteiger partial charge in [0, 0.05) is 0 Å². The third-order valence-electron chi connectivity index (χ3n) is 2.53. The summed E-state index contributed by atoms with van der Waals surface area (Å²) in [5.74, 6) is 0.302. The van der Waals surface area contributed by atoms with Crippen LogP contribution in [0.25, 0.3) is 0 Å². The number of carbonyl (C=O) groups excluding carboxylic acids is 1. The van der Waals surface area contributed by atoms with Crippen molar-refractivity contribution in [1.82, 2.24) is 0 Å². The number of carbonyl (C=O) groups is 1. The molecule has 74 valence electrons. The van der Waals surface area contributed by atoms with Crippen molar-refractivity contribution in [3.8, 4) is 0 Å². The lowest BCUT2D eigenvalue weighted by Gasteiger charge is -2.31. The largest absolute Gasteiger partial charge is 1.00 e. The molecule has 0 aliphatic carbocycles. The van der Waals surface area contributed by atoms with E-state index < -0.39 is 0 Å². The minimum absolute atomic E-state index is 0. The van der Waals surface area contributed by atoms with E-state index in [1.54, 1.807) is 6.92 Å². The van der Waals surface area contributed by atoms with E-state index in [2.05, 4.69) is 20.9 Å². The van der Waals surface area contributed by atoms with E-state index in [9.17, 15) is 4.79 Å². The molecule has 0 atom stereocenters. The molecule has 0 fully saturated rings. The van der Waals surface area contributed by atoms with Gasteiger partial charge in [0.1, 0.15) is 5.78 Å². The zero-order chi connectivity index (χ0) is 8.91. The van der Waals surface area contributed by atoms with Crippen LogP contribution in [0.4, 0.5) is 0 Å². The number of Topliss-reactive ketones (excluding diaryl/α,β-unsaturated/α-hetero) is 1. The quantitative estimate of drug-likeness (QED) is 0.340. The molecule has 2 nitrogen and oxygen atoms in total. The van der Waals surface area contributed by atoms with Crippen molar-refractivity contribution in [3.63, 3.8) is 0 Å². The molecule has 0 spiro atoms. The first kappa shape index (κ1) is 14.9. The van der Waals surface area contributed by atoms with Crippen molar-refractivity contribution in [3.05, 3.63) is 0 Å². The first-order valence-electron chi connectivity index (χ1n) is 4.37. The predicted octanol–water partition coefficient (Wildman–Crippen LogP) is -1.54. The summed E-state index contributed by atoms with van der Waals surface area (Å²) in [6.07, 6.45) is 0.720. The van der Waals surface area contributed by atoms with Crippen LogP contribution in [0.3, 0.4) is 0 Å². The molecule has 3 heteroatoms. The lowest BCUT2D eigenvalue weighted by atomic mass is 10.3. The van der Waals surface area contributed by atoms with Gasteiger partial charge in [-0.15, -0.1) is 0 Å². The fourth-order valence-electron chi connectivity index (χ4n) is 0.967. The van der Waals surface area contributed by atoms with Crippen molar-refractivity contribution < 1.29 is 33.3 Å². The standard InChI is InChI=1S/C9H20NO.HI/c1-5-10(4,6-2)8-7-9(3)11;/h5-8H2,1-4H3;1H/q+1;/p-1/i9+1;. The molecular formula is C9H20INO. The summed E-state index contributed by atoms with van der Waals surface area (Å²) in [6, 6.07) is 0. The number of hydrogen-bond acceptors (Lipinski definition) is 1. The minimum atomic E-state index is 0. The first-order chi connectivity index (χ1) is 5.04. The van der Waals surface area contributed by atoms with E-state index in [4.69, 9.17) is 0 Å². The van der Waals surface area contributed by atoms with Crippen molar-refractivity contribution in [1.29, 1.82) is 0 Å². The Bertz CT molecular complexity index is 132. The van der Waals surface area contributed by atoms with Crippen LogP contribution in [0.15, 0.2) is 0 Å². The molecule has 0 N–H and O–H groups in total. The lowest BCUT2D eigenvalue weighted by molar-refractivity contribution is -0.905. The number of quaternary nitrogens is 1. The number of ketones is 1. The van der Waals surface area contributed by atoms with Gasteiger partial charge in [-0.2, -0.15) is 0 Å². The summed E-state index contributed by atoms with van der Waals surface area (Å²) in [5, 5.41) is 0. The molecule has 12 heavy (non-hydrogen) atoms. The fraction of sp³-hybridized carbons (Fsp3) is 0.889. The Morgan fingerprint density at radius 3 is 1.92 bits per heavy atom. The van der Waals surface area contributed by atoms with Gasteiger partial charge in [0.05, 0.1) is 33.1 Å². The number of halogens is 1. The molecule has 0 aromatic carbocycles. The van der Waals surface area contributed by atoms with Gasteiger partial charge in [0.25, 0.3) is 0 Å². The first-order valence-corrected chi connectivity index (χ1v) is 4.37. The summed E-state index contributed by atoms with van der Waals surface area (Å²) in [7, 11) is 2.20. The molecule has 0 aromatic heterocycles. The molecule has 0 rings (SSSR count). The smallest absolute Gasteiger partial charge is 0.135 e. The fourth-order valence-corrected chi connectivity index (χ4v) is 0.967. The second-order valence-electron chi connectivity index (χ2n) is 3.43. The van der Waals surface area contributed by atoms with E-state index in [0.717, 1.165) is 30.5 Å². The third-order valence-corrected chi connectivity index (χ3v) is 2.53. The van der Waals surface area contributed by atoms with Gasteiger partial charge in [-0.05, 0) is 20.8 Å². The van der Waals surface area contributed by atoms with Crippen LogP contribution in [-0.4, -0.2) is 36.9 Å². The SMILES string of the molecule is CC[N+](C)(CC)CC[13C](C)=O.[I-]. The van der Waals surface area contributed by atoms with E-state index in [1.807, 2.05) is 0 Å². The summed E-state index contributed by atoms with van der Waals surface area (Å²) in [6.45, 7) is 9.22. The second-order valence-corrected chi connectivity index (χ2v) is 3.43. The van der Waals surface area contributed by atoms with Crippen molar-refractivity contribution in [2.24, 2.45) is 0 Å². The Balaban J connectivity index is 0. The highest BCUT2D eigenvalue weighted by molar-refractivity contribution is 5.75. The summed E-state index contributed by atoms with van der Waals surface area (Å²) < 4.78 is 1.01. The minimum Gasteiger partial charge on any atom is -1.00 e. The van der Waals surface area contributed by atoms with E-state index in [1.165, 1.54) is 0 Å². The van der Waals surface area contributed by atoms with Gasteiger partial charge < -0.3 is 28.5 Å². The number of rotatable bonds is 5. The number of nitrogens with zero attached hydrogens (tertiary/aromatic N) is 1. The highest BCUT2D eigenvalue weighted by atomic mass is 127. The molecule has 0 aromatic rings. The molecule has 0 bridgehead atoms. The van der Waals surface area contributed by atoms with Gasteiger partial charge in [-0.1, -0.05) is 0 Å². The Kier molecular flexibility index (Phi) is 8.46. The van der Waals surface area contributed by atoms with Gasteiger partial charge in [-0.3, -0.25) is 4.79 Å². The Labute approximate surface area is 92.9 Å². The summed E-state index contributed by atoms with van der Waals surface area (Å²) in [4.78, 5) is 10.7. The summed E-state index contributed by atoms with van der Waals surface area (Å²) >= 11 is 0. The highest BCUT2D eigenvalue weighted by Crippen LogP contribution is 2.02. The van der Waals surface area contributed by atoms with Crippen LogP contribution in [-0.2, 0) is 4.79 Å². The lowest BCUT2D eigenvalue weighted by Crippen LogP contribution is -3.00. The average Bonchev–Trinajstić information content (AvgIpc) is 2.00. The number of hydrogen-bond donors (Lipinski definition) is 0. The van der Waals surface area contributed by atoms with Gasteiger partial charge >= 0.3 is 0 Å². The Morgan fingerprint density at radius 2 is 1.67 bits per heavy atom. The maximum absolute atomic E-state index is 10.7. The molecule has 0 unspecified atom stereocenters. The van der Waals surface area contributed by atoms with Crippen molar-refractivity contribution in [2.75, 3.05) is 26.7 Å². The van der Waals surface area contributed by atoms with E-state index in [0.29, 0.717) is 5.78 Å². The van der Waals surface area contributed by atoms with Crippen LogP contribution >= 0.6 is 0 Å². The maximum Gasteiger partial charge on any atom is 0.135 e. The molecule has 0 aliphatic rings. The molecule has 0 amide bonds. The van der Waals surface area contributed by atoms with Gasteiger partial charge in [0.15, 0.2) is 0 Å².